The van der Waals surface area contributed by atoms with E-state index in [0.29, 0.717) is 0 Å². The molecule has 0 unspecified atom stereocenters. The maximum atomic E-state index is 12.2. The second-order valence-electron chi connectivity index (χ2n) is 5.07. The molecule has 1 aromatic heterocycles. The minimum Gasteiger partial charge on any atom is -0.339 e. The van der Waals surface area contributed by atoms with Crippen LogP contribution in [-0.4, -0.2) is 34.1 Å². The Hall–Kier alpha value is -1.40. The van der Waals surface area contributed by atoms with Gasteiger partial charge < -0.3 is 4.90 Å². The number of carbonyl (C=O) groups is 1. The van der Waals surface area contributed by atoms with E-state index in [9.17, 15) is 4.79 Å². The predicted molar refractivity (Wildman–Crippen MR) is 85.8 cm³/mol. The summed E-state index contributed by atoms with van der Waals surface area (Å²) in [5.74, 6) is 1.01. The second kappa shape index (κ2) is 6.58. The monoisotopic (exact) mass is 319 g/mol. The maximum absolute atomic E-state index is 12.2. The fourth-order valence-electron chi connectivity index (χ4n) is 2.33. The van der Waals surface area contributed by atoms with Gasteiger partial charge in [-0.05, 0) is 37.5 Å². The lowest BCUT2D eigenvalue weighted by Crippen LogP contribution is -2.27. The molecule has 1 amide bonds. The third-order valence-electron chi connectivity index (χ3n) is 3.46. The van der Waals surface area contributed by atoms with Gasteiger partial charge in [0.05, 0.1) is 0 Å². The Bertz CT molecular complexity index is 618. The lowest BCUT2D eigenvalue weighted by atomic mass is 10.1. The van der Waals surface area contributed by atoms with Crippen LogP contribution in [0.4, 0.5) is 0 Å². The van der Waals surface area contributed by atoms with Crippen molar-refractivity contribution in [2.75, 3.05) is 13.1 Å². The molecule has 1 aliphatic rings. The Labute approximate surface area is 132 Å². The number of carbonyl (C=O) groups excluding carboxylic acids is 1. The maximum Gasteiger partial charge on any atom is 0.253 e. The van der Waals surface area contributed by atoms with Gasteiger partial charge in [0, 0.05) is 24.4 Å². The zero-order valence-corrected chi connectivity index (χ0v) is 13.5. The van der Waals surface area contributed by atoms with Crippen LogP contribution in [-0.2, 0) is 5.75 Å². The third-order valence-corrected chi connectivity index (χ3v) is 5.51. The molecule has 21 heavy (non-hydrogen) atoms. The molecule has 0 radical (unpaired) electrons. The molecule has 1 saturated heterocycles. The van der Waals surface area contributed by atoms with Crippen molar-refractivity contribution in [1.82, 2.24) is 15.1 Å². The molecule has 0 spiro atoms. The van der Waals surface area contributed by atoms with Crippen LogP contribution in [0.3, 0.4) is 0 Å². The van der Waals surface area contributed by atoms with Crippen LogP contribution >= 0.6 is 23.1 Å². The molecular formula is C15H17N3OS2. The Kier molecular flexibility index (Phi) is 4.55. The number of rotatable bonds is 4. The highest BCUT2D eigenvalue weighted by atomic mass is 32.2. The summed E-state index contributed by atoms with van der Waals surface area (Å²) in [6.07, 6.45) is 2.25. The molecule has 1 aliphatic heterocycles. The van der Waals surface area contributed by atoms with E-state index in [1.165, 1.54) is 5.56 Å². The van der Waals surface area contributed by atoms with Gasteiger partial charge in [-0.15, -0.1) is 10.2 Å². The Morgan fingerprint density at radius 2 is 1.95 bits per heavy atom. The van der Waals surface area contributed by atoms with Crippen LogP contribution < -0.4 is 0 Å². The highest BCUT2D eigenvalue weighted by Crippen LogP contribution is 2.25. The van der Waals surface area contributed by atoms with Gasteiger partial charge in [0.1, 0.15) is 5.01 Å². The van der Waals surface area contributed by atoms with Gasteiger partial charge in [-0.1, -0.05) is 35.2 Å². The van der Waals surface area contributed by atoms with Gasteiger partial charge in [0.2, 0.25) is 0 Å². The minimum atomic E-state index is 0.159. The van der Waals surface area contributed by atoms with Gasteiger partial charge in [0.15, 0.2) is 4.34 Å². The van der Waals surface area contributed by atoms with Crippen molar-refractivity contribution in [3.63, 3.8) is 0 Å². The normalized spacial score (nSPS) is 14.6. The van der Waals surface area contributed by atoms with E-state index < -0.39 is 0 Å². The molecule has 2 heterocycles. The summed E-state index contributed by atoms with van der Waals surface area (Å²) in [6, 6.07) is 7.93. The number of hydrogen-bond donors (Lipinski definition) is 0. The van der Waals surface area contributed by atoms with E-state index in [1.807, 2.05) is 36.1 Å². The number of likely N-dealkylation sites (tertiary alicyclic amines) is 1. The summed E-state index contributed by atoms with van der Waals surface area (Å²) in [5.41, 5.74) is 1.99. The molecule has 3 rings (SSSR count). The molecule has 4 nitrogen and oxygen atoms in total. The molecular weight excluding hydrogens is 302 g/mol. The van der Waals surface area contributed by atoms with Crippen LogP contribution in [0.2, 0.25) is 0 Å². The number of amides is 1. The molecule has 0 saturated carbocycles. The number of benzene rings is 1. The van der Waals surface area contributed by atoms with E-state index >= 15 is 0 Å². The van der Waals surface area contributed by atoms with Crippen LogP contribution in [0, 0.1) is 6.92 Å². The minimum absolute atomic E-state index is 0.159. The summed E-state index contributed by atoms with van der Waals surface area (Å²) >= 11 is 3.30. The molecule has 6 heteroatoms. The van der Waals surface area contributed by atoms with Crippen molar-refractivity contribution in [3.8, 4) is 0 Å². The quantitative estimate of drug-likeness (QED) is 0.811. The fourth-order valence-corrected chi connectivity index (χ4v) is 4.10. The summed E-state index contributed by atoms with van der Waals surface area (Å²) in [5, 5.41) is 9.10. The molecule has 0 aliphatic carbocycles. The highest BCUT2D eigenvalue weighted by molar-refractivity contribution is 8.00. The van der Waals surface area contributed by atoms with Crippen molar-refractivity contribution >= 4 is 29.0 Å². The van der Waals surface area contributed by atoms with Gasteiger partial charge in [0.25, 0.3) is 5.91 Å². The van der Waals surface area contributed by atoms with Crippen molar-refractivity contribution in [2.45, 2.75) is 29.9 Å². The highest BCUT2D eigenvalue weighted by Gasteiger charge is 2.19. The van der Waals surface area contributed by atoms with E-state index in [4.69, 9.17) is 0 Å². The SMILES string of the molecule is Cc1nnc(SCc2ccc(C(=O)N3CCCC3)cc2)s1. The number of aromatic nitrogens is 2. The Balaban J connectivity index is 1.59. The van der Waals surface area contributed by atoms with Crippen molar-refractivity contribution < 1.29 is 4.79 Å². The summed E-state index contributed by atoms with van der Waals surface area (Å²) in [6.45, 7) is 3.75. The van der Waals surface area contributed by atoms with Crippen LogP contribution in [0.1, 0.15) is 33.8 Å². The Morgan fingerprint density at radius 3 is 2.57 bits per heavy atom. The molecule has 0 bridgehead atoms. The first-order valence-electron chi connectivity index (χ1n) is 7.03. The van der Waals surface area contributed by atoms with Crippen LogP contribution in [0.15, 0.2) is 28.6 Å². The third kappa shape index (κ3) is 3.63. The number of thioether (sulfide) groups is 1. The molecule has 1 fully saturated rings. The standard InChI is InChI=1S/C15H17N3OS2/c1-11-16-17-15(21-11)20-10-12-4-6-13(7-5-12)14(19)18-8-2-3-9-18/h4-7H,2-3,8-10H2,1H3. The van der Waals surface area contributed by atoms with Gasteiger partial charge >= 0.3 is 0 Å². The zero-order chi connectivity index (χ0) is 14.7. The average molecular weight is 319 g/mol. The zero-order valence-electron chi connectivity index (χ0n) is 11.9. The summed E-state index contributed by atoms with van der Waals surface area (Å²) in [4.78, 5) is 14.2. The topological polar surface area (TPSA) is 46.1 Å². The number of aryl methyl sites for hydroxylation is 1. The van der Waals surface area contributed by atoms with Crippen LogP contribution in [0.25, 0.3) is 0 Å². The first kappa shape index (κ1) is 14.5. The van der Waals surface area contributed by atoms with E-state index in [-0.39, 0.29) is 5.91 Å². The molecule has 1 aromatic carbocycles. The Morgan fingerprint density at radius 1 is 1.24 bits per heavy atom. The lowest BCUT2D eigenvalue weighted by molar-refractivity contribution is 0.0793. The number of nitrogens with zero attached hydrogens (tertiary/aromatic N) is 3. The molecule has 2 aromatic rings. The van der Waals surface area contributed by atoms with Crippen molar-refractivity contribution in [1.29, 1.82) is 0 Å². The smallest absolute Gasteiger partial charge is 0.253 e. The van der Waals surface area contributed by atoms with Crippen molar-refractivity contribution in [2.24, 2.45) is 0 Å². The second-order valence-corrected chi connectivity index (χ2v) is 7.48. The van der Waals surface area contributed by atoms with Gasteiger partial charge in [-0.2, -0.15) is 0 Å². The molecule has 0 atom stereocenters. The van der Waals surface area contributed by atoms with Gasteiger partial charge in [-0.3, -0.25) is 4.79 Å². The first-order valence-corrected chi connectivity index (χ1v) is 8.84. The molecule has 0 N–H and O–H groups in total. The summed E-state index contributed by atoms with van der Waals surface area (Å²) in [7, 11) is 0. The lowest BCUT2D eigenvalue weighted by Gasteiger charge is -2.15. The molecule has 110 valence electrons. The van der Waals surface area contributed by atoms with E-state index in [0.717, 1.165) is 46.6 Å². The van der Waals surface area contributed by atoms with E-state index in [1.54, 1.807) is 23.1 Å². The van der Waals surface area contributed by atoms with Gasteiger partial charge in [-0.25, -0.2) is 0 Å². The summed E-state index contributed by atoms with van der Waals surface area (Å²) < 4.78 is 0.990. The predicted octanol–water partition coefficient (Wildman–Crippen LogP) is 3.37. The van der Waals surface area contributed by atoms with E-state index in [2.05, 4.69) is 10.2 Å². The van der Waals surface area contributed by atoms with Crippen molar-refractivity contribution in [3.05, 3.63) is 40.4 Å². The average Bonchev–Trinajstić information content (AvgIpc) is 3.16. The fraction of sp³-hybridized carbons (Fsp3) is 0.400. The largest absolute Gasteiger partial charge is 0.339 e. The first-order chi connectivity index (χ1) is 10.2. The number of hydrogen-bond acceptors (Lipinski definition) is 5. The van der Waals surface area contributed by atoms with Crippen LogP contribution in [0.5, 0.6) is 0 Å².